The molecular formula is C44H78O4. The Balaban J connectivity index is 1.70. The van der Waals surface area contributed by atoms with E-state index < -0.39 is 0 Å². The number of esters is 1. The molecule has 4 nitrogen and oxygen atoms in total. The second-order valence-corrected chi connectivity index (χ2v) is 14.4. The van der Waals surface area contributed by atoms with Gasteiger partial charge in [-0.25, -0.2) is 4.79 Å². The van der Waals surface area contributed by atoms with Gasteiger partial charge in [-0.2, -0.15) is 0 Å². The zero-order valence-electron chi connectivity index (χ0n) is 31.9. The molecule has 0 amide bonds. The maximum Gasteiger partial charge on any atom is 0.330 e. The molecule has 0 fully saturated rings. The molecule has 48 heavy (non-hydrogen) atoms. The van der Waals surface area contributed by atoms with Gasteiger partial charge in [0.1, 0.15) is 0 Å². The summed E-state index contributed by atoms with van der Waals surface area (Å²) in [5.74, 6) is 0.138. The van der Waals surface area contributed by atoms with Crippen molar-refractivity contribution in [2.24, 2.45) is 0 Å². The van der Waals surface area contributed by atoms with Gasteiger partial charge >= 0.3 is 5.97 Å². The fourth-order valence-electron chi connectivity index (χ4n) is 6.66. The summed E-state index contributed by atoms with van der Waals surface area (Å²) in [6.07, 6.45) is 48.1. The van der Waals surface area contributed by atoms with Crippen LogP contribution < -0.4 is 4.74 Å². The zero-order valence-corrected chi connectivity index (χ0v) is 31.9. The molecule has 0 saturated heterocycles. The lowest BCUT2D eigenvalue weighted by Gasteiger charge is -2.05. The summed E-state index contributed by atoms with van der Waals surface area (Å²) in [7, 11) is 1.50. The monoisotopic (exact) mass is 671 g/mol. The minimum atomic E-state index is -0.331. The first-order chi connectivity index (χ1) is 23.7. The van der Waals surface area contributed by atoms with Gasteiger partial charge in [0.25, 0.3) is 0 Å². The van der Waals surface area contributed by atoms with Crippen molar-refractivity contribution >= 4 is 12.0 Å². The quantitative estimate of drug-likeness (QED) is 0.0438. The van der Waals surface area contributed by atoms with Crippen molar-refractivity contribution in [1.82, 2.24) is 0 Å². The number of methoxy groups -OCH3 is 1. The molecule has 0 aliphatic heterocycles. The minimum Gasteiger partial charge on any atom is -0.504 e. The van der Waals surface area contributed by atoms with Gasteiger partial charge < -0.3 is 14.6 Å². The predicted molar refractivity (Wildman–Crippen MR) is 208 cm³/mol. The van der Waals surface area contributed by atoms with Gasteiger partial charge in [-0.3, -0.25) is 0 Å². The number of phenols is 1. The number of carbonyl (C=O) groups excluding carboxylic acids is 1. The number of unbranched alkanes of at least 4 members (excludes halogenated alkanes) is 31. The molecular weight excluding hydrogens is 592 g/mol. The molecule has 278 valence electrons. The number of benzene rings is 1. The van der Waals surface area contributed by atoms with Crippen LogP contribution in [-0.2, 0) is 9.53 Å². The van der Waals surface area contributed by atoms with Crippen LogP contribution in [0.4, 0.5) is 0 Å². The highest BCUT2D eigenvalue weighted by molar-refractivity contribution is 5.87. The van der Waals surface area contributed by atoms with Crippen molar-refractivity contribution in [3.05, 3.63) is 29.8 Å². The summed E-state index contributed by atoms with van der Waals surface area (Å²) in [4.78, 5) is 11.9. The highest BCUT2D eigenvalue weighted by atomic mass is 16.5. The average Bonchev–Trinajstić information content (AvgIpc) is 3.10. The van der Waals surface area contributed by atoms with Crippen molar-refractivity contribution in [1.29, 1.82) is 0 Å². The standard InChI is InChI=1S/C44H78O4/c1-3-4-5-6-7-8-9-10-11-12-13-14-15-16-17-18-19-20-21-22-23-24-25-26-27-28-29-30-31-32-33-34-39-48-44(46)38-36-41-35-37-42(45)43(40-41)47-2/h35-38,40,45H,3-34,39H2,1-2H3/b38-36+. The van der Waals surface area contributed by atoms with Crippen molar-refractivity contribution < 1.29 is 19.4 Å². The zero-order chi connectivity index (χ0) is 34.6. The second-order valence-electron chi connectivity index (χ2n) is 14.4. The third kappa shape index (κ3) is 29.0. The van der Waals surface area contributed by atoms with Gasteiger partial charge in [-0.1, -0.05) is 212 Å². The lowest BCUT2D eigenvalue weighted by molar-refractivity contribution is -0.137. The Kier molecular flexibility index (Phi) is 32.0. The van der Waals surface area contributed by atoms with Crippen LogP contribution in [-0.4, -0.2) is 24.8 Å². The molecule has 0 heterocycles. The number of ether oxygens (including phenoxy) is 2. The van der Waals surface area contributed by atoms with E-state index in [9.17, 15) is 9.90 Å². The first-order valence-corrected chi connectivity index (χ1v) is 20.9. The molecule has 1 aromatic carbocycles. The summed E-state index contributed by atoms with van der Waals surface area (Å²) in [5.41, 5.74) is 0.780. The molecule has 4 heteroatoms. The van der Waals surface area contributed by atoms with Crippen molar-refractivity contribution in [3.8, 4) is 11.5 Å². The van der Waals surface area contributed by atoms with E-state index in [2.05, 4.69) is 6.92 Å². The lowest BCUT2D eigenvalue weighted by atomic mass is 10.0. The highest BCUT2D eigenvalue weighted by Crippen LogP contribution is 2.26. The Morgan fingerprint density at radius 3 is 1.21 bits per heavy atom. The lowest BCUT2D eigenvalue weighted by Crippen LogP contribution is -2.02. The van der Waals surface area contributed by atoms with E-state index in [1.165, 1.54) is 206 Å². The summed E-state index contributed by atoms with van der Waals surface area (Å²) in [6, 6.07) is 4.96. The van der Waals surface area contributed by atoms with Crippen molar-refractivity contribution in [2.75, 3.05) is 13.7 Å². The number of phenolic OH excluding ortho intramolecular Hbond substituents is 1. The molecule has 1 aromatic rings. The number of aromatic hydroxyl groups is 1. The number of hydrogen-bond acceptors (Lipinski definition) is 4. The van der Waals surface area contributed by atoms with Crippen LogP contribution in [0, 0.1) is 0 Å². The average molecular weight is 671 g/mol. The van der Waals surface area contributed by atoms with Crippen LogP contribution in [0.25, 0.3) is 6.08 Å². The molecule has 1 N–H and O–H groups in total. The van der Waals surface area contributed by atoms with E-state index in [0.29, 0.717) is 12.4 Å². The summed E-state index contributed by atoms with van der Waals surface area (Å²) in [6.45, 7) is 2.77. The first-order valence-electron chi connectivity index (χ1n) is 20.9. The van der Waals surface area contributed by atoms with Crippen molar-refractivity contribution in [2.45, 2.75) is 212 Å². The molecule has 0 unspecified atom stereocenters. The molecule has 0 atom stereocenters. The Labute approximate surface area is 298 Å². The van der Waals surface area contributed by atoms with Crippen LogP contribution >= 0.6 is 0 Å². The Morgan fingerprint density at radius 1 is 0.542 bits per heavy atom. The smallest absolute Gasteiger partial charge is 0.330 e. The molecule has 0 aromatic heterocycles. The van der Waals surface area contributed by atoms with Crippen molar-refractivity contribution in [3.63, 3.8) is 0 Å². The normalized spacial score (nSPS) is 11.5. The van der Waals surface area contributed by atoms with Gasteiger partial charge in [-0.15, -0.1) is 0 Å². The SMILES string of the molecule is CCCCCCCCCCCCCCCCCCCCCCCCCCCCCCCCCCOC(=O)/C=C/c1ccc(O)c(OC)c1. The number of hydrogen-bond donors (Lipinski definition) is 1. The summed E-state index contributed by atoms with van der Waals surface area (Å²) in [5, 5.41) is 9.65. The fraction of sp³-hybridized carbons (Fsp3) is 0.795. The van der Waals surface area contributed by atoms with Crippen LogP contribution in [0.1, 0.15) is 218 Å². The highest BCUT2D eigenvalue weighted by Gasteiger charge is 2.02. The van der Waals surface area contributed by atoms with Gasteiger partial charge in [0.15, 0.2) is 11.5 Å². The van der Waals surface area contributed by atoms with Gasteiger partial charge in [0.05, 0.1) is 13.7 Å². The maximum absolute atomic E-state index is 11.9. The van der Waals surface area contributed by atoms with E-state index in [0.717, 1.165) is 18.4 Å². The molecule has 0 aliphatic rings. The van der Waals surface area contributed by atoms with Crippen LogP contribution in [0.2, 0.25) is 0 Å². The van der Waals surface area contributed by atoms with E-state index in [1.807, 2.05) is 0 Å². The Hall–Kier alpha value is -1.97. The molecule has 1 rings (SSSR count). The van der Waals surface area contributed by atoms with Crippen LogP contribution in [0.15, 0.2) is 24.3 Å². The summed E-state index contributed by atoms with van der Waals surface area (Å²) < 4.78 is 10.4. The van der Waals surface area contributed by atoms with Gasteiger partial charge in [0, 0.05) is 6.08 Å². The van der Waals surface area contributed by atoms with E-state index in [-0.39, 0.29) is 11.7 Å². The Bertz CT molecular complexity index is 863. The number of carbonyl (C=O) groups is 1. The molecule has 0 saturated carbocycles. The molecule has 0 aliphatic carbocycles. The second kappa shape index (κ2) is 34.9. The Morgan fingerprint density at radius 2 is 0.875 bits per heavy atom. The van der Waals surface area contributed by atoms with E-state index in [1.54, 1.807) is 24.3 Å². The topological polar surface area (TPSA) is 55.8 Å². The molecule has 0 bridgehead atoms. The third-order valence-corrected chi connectivity index (χ3v) is 9.86. The van der Waals surface area contributed by atoms with Crippen LogP contribution in [0.3, 0.4) is 0 Å². The molecule has 0 spiro atoms. The van der Waals surface area contributed by atoms with E-state index in [4.69, 9.17) is 9.47 Å². The minimum absolute atomic E-state index is 0.0822. The van der Waals surface area contributed by atoms with Gasteiger partial charge in [-0.05, 0) is 30.2 Å². The number of rotatable bonds is 36. The third-order valence-electron chi connectivity index (χ3n) is 9.86. The predicted octanol–water partition coefficient (Wildman–Crippen LogP) is 14.5. The van der Waals surface area contributed by atoms with Crippen LogP contribution in [0.5, 0.6) is 11.5 Å². The summed E-state index contributed by atoms with van der Waals surface area (Å²) >= 11 is 0. The van der Waals surface area contributed by atoms with E-state index >= 15 is 0 Å². The largest absolute Gasteiger partial charge is 0.504 e. The maximum atomic E-state index is 11.9. The molecule has 0 radical (unpaired) electrons. The first kappa shape index (κ1) is 44.1. The fourth-order valence-corrected chi connectivity index (χ4v) is 6.66. The van der Waals surface area contributed by atoms with Gasteiger partial charge in [0.2, 0.25) is 0 Å².